The summed E-state index contributed by atoms with van der Waals surface area (Å²) in [6.45, 7) is 0.884. The number of hydrogen-bond donors (Lipinski definition) is 2. The van der Waals surface area contributed by atoms with Crippen LogP contribution in [-0.2, 0) is 11.3 Å². The molecule has 0 unspecified atom stereocenters. The summed E-state index contributed by atoms with van der Waals surface area (Å²) in [5, 5.41) is 5.53. The van der Waals surface area contributed by atoms with Gasteiger partial charge in [-0.2, -0.15) is 0 Å². The lowest BCUT2D eigenvalue weighted by Gasteiger charge is -2.03. The number of nitrogens with one attached hydrogen (secondary N) is 2. The molecule has 0 fully saturated rings. The molecule has 4 heteroatoms. The number of pyridine rings is 1. The first kappa shape index (κ1) is 9.67. The fourth-order valence-corrected chi connectivity index (χ4v) is 0.926. The van der Waals surface area contributed by atoms with Crippen molar-refractivity contribution in [2.45, 2.75) is 6.54 Å². The summed E-state index contributed by atoms with van der Waals surface area (Å²) in [4.78, 5) is 15.0. The molecule has 0 spiro atoms. The van der Waals surface area contributed by atoms with E-state index in [9.17, 15) is 4.79 Å². The van der Waals surface area contributed by atoms with Gasteiger partial charge in [-0.1, -0.05) is 6.07 Å². The van der Waals surface area contributed by atoms with E-state index in [0.29, 0.717) is 13.1 Å². The SMILES string of the molecule is CNCC(=O)NCc1cccnc1. The number of amides is 1. The van der Waals surface area contributed by atoms with Crippen LogP contribution in [0.25, 0.3) is 0 Å². The molecule has 0 saturated heterocycles. The molecular weight excluding hydrogens is 166 g/mol. The number of likely N-dealkylation sites (N-methyl/N-ethyl adjacent to an activating group) is 1. The molecule has 0 atom stereocenters. The average Bonchev–Trinajstić information content (AvgIpc) is 2.17. The van der Waals surface area contributed by atoms with Crippen LogP contribution in [0.4, 0.5) is 0 Å². The van der Waals surface area contributed by atoms with Crippen LogP contribution in [0, 0.1) is 0 Å². The van der Waals surface area contributed by atoms with Crippen molar-refractivity contribution in [2.24, 2.45) is 0 Å². The predicted molar refractivity (Wildman–Crippen MR) is 50.0 cm³/mol. The Hall–Kier alpha value is -1.42. The van der Waals surface area contributed by atoms with Crippen molar-refractivity contribution in [3.05, 3.63) is 30.1 Å². The van der Waals surface area contributed by atoms with E-state index in [1.54, 1.807) is 19.4 Å². The third kappa shape index (κ3) is 3.66. The molecule has 0 saturated carbocycles. The lowest BCUT2D eigenvalue weighted by Crippen LogP contribution is -2.31. The quantitative estimate of drug-likeness (QED) is 0.679. The van der Waals surface area contributed by atoms with Gasteiger partial charge in [-0.25, -0.2) is 0 Å². The molecule has 1 aromatic rings. The Morgan fingerprint density at radius 3 is 3.08 bits per heavy atom. The Bertz CT molecular complexity index is 261. The topological polar surface area (TPSA) is 54.0 Å². The number of nitrogens with zero attached hydrogens (tertiary/aromatic N) is 1. The normalized spacial score (nSPS) is 9.62. The summed E-state index contributed by atoms with van der Waals surface area (Å²) < 4.78 is 0. The summed E-state index contributed by atoms with van der Waals surface area (Å²) in [5.41, 5.74) is 1.01. The van der Waals surface area contributed by atoms with Crippen LogP contribution in [0.2, 0.25) is 0 Å². The fourth-order valence-electron chi connectivity index (χ4n) is 0.926. The second-order valence-corrected chi connectivity index (χ2v) is 2.67. The van der Waals surface area contributed by atoms with Gasteiger partial charge in [0.2, 0.25) is 5.91 Å². The molecular formula is C9H13N3O. The van der Waals surface area contributed by atoms with Gasteiger partial charge in [0.1, 0.15) is 0 Å². The molecule has 2 N–H and O–H groups in total. The van der Waals surface area contributed by atoms with Gasteiger partial charge in [0, 0.05) is 18.9 Å². The second-order valence-electron chi connectivity index (χ2n) is 2.67. The number of carbonyl (C=O) groups is 1. The average molecular weight is 179 g/mol. The minimum atomic E-state index is -0.00801. The molecule has 1 rings (SSSR count). The van der Waals surface area contributed by atoms with E-state index in [1.165, 1.54) is 0 Å². The standard InChI is InChI=1S/C9H13N3O/c1-10-7-9(13)12-6-8-3-2-4-11-5-8/h2-5,10H,6-7H2,1H3,(H,12,13). The van der Waals surface area contributed by atoms with Crippen LogP contribution in [-0.4, -0.2) is 24.5 Å². The summed E-state index contributed by atoms with van der Waals surface area (Å²) in [5.74, 6) is -0.00801. The Labute approximate surface area is 77.4 Å². The van der Waals surface area contributed by atoms with E-state index in [1.807, 2.05) is 12.1 Å². The van der Waals surface area contributed by atoms with Crippen LogP contribution in [0.15, 0.2) is 24.5 Å². The van der Waals surface area contributed by atoms with Gasteiger partial charge in [0.15, 0.2) is 0 Å². The van der Waals surface area contributed by atoms with E-state index >= 15 is 0 Å². The van der Waals surface area contributed by atoms with Crippen LogP contribution in [0.5, 0.6) is 0 Å². The van der Waals surface area contributed by atoms with E-state index in [-0.39, 0.29) is 5.91 Å². The maximum absolute atomic E-state index is 11.0. The van der Waals surface area contributed by atoms with Crippen LogP contribution >= 0.6 is 0 Å². The zero-order valence-corrected chi connectivity index (χ0v) is 7.58. The molecule has 1 aromatic heterocycles. The van der Waals surface area contributed by atoms with Gasteiger partial charge in [-0.3, -0.25) is 9.78 Å². The van der Waals surface area contributed by atoms with Crippen LogP contribution in [0.1, 0.15) is 5.56 Å². The van der Waals surface area contributed by atoms with E-state index in [0.717, 1.165) is 5.56 Å². The molecule has 13 heavy (non-hydrogen) atoms. The minimum Gasteiger partial charge on any atom is -0.351 e. The van der Waals surface area contributed by atoms with E-state index < -0.39 is 0 Å². The van der Waals surface area contributed by atoms with Crippen molar-refractivity contribution >= 4 is 5.91 Å². The Morgan fingerprint density at radius 1 is 1.62 bits per heavy atom. The first-order chi connectivity index (χ1) is 6.33. The molecule has 0 aliphatic heterocycles. The van der Waals surface area contributed by atoms with Gasteiger partial charge in [0.25, 0.3) is 0 Å². The predicted octanol–water partition coefficient (Wildman–Crippen LogP) is -0.0828. The third-order valence-corrected chi connectivity index (χ3v) is 1.55. The number of rotatable bonds is 4. The van der Waals surface area contributed by atoms with Gasteiger partial charge < -0.3 is 10.6 Å². The van der Waals surface area contributed by atoms with Gasteiger partial charge in [-0.05, 0) is 18.7 Å². The zero-order valence-electron chi connectivity index (χ0n) is 7.58. The number of hydrogen-bond acceptors (Lipinski definition) is 3. The van der Waals surface area contributed by atoms with Crippen molar-refractivity contribution in [3.8, 4) is 0 Å². The molecule has 0 aliphatic carbocycles. The van der Waals surface area contributed by atoms with Crippen molar-refractivity contribution in [2.75, 3.05) is 13.6 Å². The highest BCUT2D eigenvalue weighted by atomic mass is 16.1. The Balaban J connectivity index is 2.31. The highest BCUT2D eigenvalue weighted by Crippen LogP contribution is 1.93. The largest absolute Gasteiger partial charge is 0.351 e. The number of carbonyl (C=O) groups excluding carboxylic acids is 1. The molecule has 1 heterocycles. The summed E-state index contributed by atoms with van der Waals surface area (Å²) >= 11 is 0. The molecule has 0 aliphatic rings. The molecule has 70 valence electrons. The van der Waals surface area contributed by atoms with E-state index in [2.05, 4.69) is 15.6 Å². The maximum Gasteiger partial charge on any atom is 0.234 e. The fraction of sp³-hybridized carbons (Fsp3) is 0.333. The summed E-state index contributed by atoms with van der Waals surface area (Å²) in [6, 6.07) is 3.77. The van der Waals surface area contributed by atoms with Crippen molar-refractivity contribution in [3.63, 3.8) is 0 Å². The maximum atomic E-state index is 11.0. The lowest BCUT2D eigenvalue weighted by atomic mass is 10.3. The van der Waals surface area contributed by atoms with Crippen molar-refractivity contribution in [1.82, 2.24) is 15.6 Å². The molecule has 0 aromatic carbocycles. The Morgan fingerprint density at radius 2 is 2.46 bits per heavy atom. The molecule has 4 nitrogen and oxygen atoms in total. The molecule has 0 bridgehead atoms. The van der Waals surface area contributed by atoms with E-state index in [4.69, 9.17) is 0 Å². The first-order valence-corrected chi connectivity index (χ1v) is 4.13. The van der Waals surface area contributed by atoms with Gasteiger partial charge in [0.05, 0.1) is 6.54 Å². The van der Waals surface area contributed by atoms with Gasteiger partial charge in [-0.15, -0.1) is 0 Å². The Kier molecular flexibility index (Phi) is 3.92. The third-order valence-electron chi connectivity index (χ3n) is 1.55. The smallest absolute Gasteiger partial charge is 0.234 e. The monoisotopic (exact) mass is 179 g/mol. The van der Waals surface area contributed by atoms with Crippen LogP contribution < -0.4 is 10.6 Å². The summed E-state index contributed by atoms with van der Waals surface area (Å²) in [6.07, 6.45) is 3.44. The zero-order chi connectivity index (χ0) is 9.52. The highest BCUT2D eigenvalue weighted by molar-refractivity contribution is 5.77. The lowest BCUT2D eigenvalue weighted by molar-refractivity contribution is -0.120. The molecule has 0 radical (unpaired) electrons. The number of aromatic nitrogens is 1. The van der Waals surface area contributed by atoms with Crippen molar-refractivity contribution < 1.29 is 4.79 Å². The highest BCUT2D eigenvalue weighted by Gasteiger charge is 1.97. The minimum absolute atomic E-state index is 0.00801. The second kappa shape index (κ2) is 5.27. The van der Waals surface area contributed by atoms with Crippen molar-refractivity contribution in [1.29, 1.82) is 0 Å². The first-order valence-electron chi connectivity index (χ1n) is 4.13. The molecule has 1 amide bonds. The van der Waals surface area contributed by atoms with Gasteiger partial charge >= 0.3 is 0 Å². The summed E-state index contributed by atoms with van der Waals surface area (Å²) in [7, 11) is 1.74. The van der Waals surface area contributed by atoms with Crippen LogP contribution in [0.3, 0.4) is 0 Å².